The molecule has 0 bridgehead atoms. The molecule has 1 heterocycles. The summed E-state index contributed by atoms with van der Waals surface area (Å²) in [5, 5.41) is 11.4. The van der Waals surface area contributed by atoms with Crippen molar-refractivity contribution in [2.24, 2.45) is 0 Å². The van der Waals surface area contributed by atoms with Crippen molar-refractivity contribution in [3.8, 4) is 6.07 Å². The molecule has 6 heteroatoms. The van der Waals surface area contributed by atoms with E-state index in [1.165, 1.54) is 6.20 Å². The number of anilines is 1. The average molecular weight is 342 g/mol. The Bertz CT molecular complexity index is 473. The van der Waals surface area contributed by atoms with Crippen LogP contribution in [0.15, 0.2) is 30.1 Å². The first-order valence-corrected chi connectivity index (χ1v) is 5.82. The van der Waals surface area contributed by atoms with Crippen molar-refractivity contribution in [1.29, 1.82) is 5.26 Å². The smallest absolute Gasteiger partial charge is 0.268 e. The fourth-order valence-corrected chi connectivity index (χ4v) is 1.35. The lowest BCUT2D eigenvalue weighted by Gasteiger charge is -2.07. The summed E-state index contributed by atoms with van der Waals surface area (Å²) in [6.45, 7) is 0. The van der Waals surface area contributed by atoms with Crippen molar-refractivity contribution >= 4 is 34.3 Å². The number of aromatic nitrogens is 1. The van der Waals surface area contributed by atoms with Crippen LogP contribution in [0.1, 0.15) is 0 Å². The number of nitriles is 1. The zero-order valence-corrected chi connectivity index (χ0v) is 11.6. The first-order chi connectivity index (χ1) is 8.02. The van der Waals surface area contributed by atoms with Crippen molar-refractivity contribution in [2.45, 2.75) is 0 Å². The van der Waals surface area contributed by atoms with Gasteiger partial charge in [-0.3, -0.25) is 4.79 Å². The Balaban J connectivity index is 2.79. The maximum absolute atomic E-state index is 11.7. The second kappa shape index (κ2) is 6.20. The van der Waals surface area contributed by atoms with Gasteiger partial charge in [-0.2, -0.15) is 5.26 Å². The van der Waals surface area contributed by atoms with Crippen LogP contribution >= 0.6 is 22.6 Å². The minimum absolute atomic E-state index is 0.0374. The van der Waals surface area contributed by atoms with Crippen LogP contribution in [0.4, 0.5) is 5.82 Å². The third-order valence-corrected chi connectivity index (χ3v) is 2.36. The Morgan fingerprint density at radius 1 is 1.59 bits per heavy atom. The quantitative estimate of drug-likeness (QED) is 0.515. The van der Waals surface area contributed by atoms with Crippen LogP contribution in [0.5, 0.6) is 0 Å². The second-order valence-corrected chi connectivity index (χ2v) is 4.68. The largest absolute Gasteiger partial charge is 0.382 e. The number of hydrogen-bond acceptors (Lipinski definition) is 4. The van der Waals surface area contributed by atoms with Crippen LogP contribution in [0.3, 0.4) is 0 Å². The second-order valence-electron chi connectivity index (χ2n) is 3.43. The maximum Gasteiger partial charge on any atom is 0.268 e. The van der Waals surface area contributed by atoms with E-state index < -0.39 is 5.91 Å². The number of pyridine rings is 1. The van der Waals surface area contributed by atoms with Gasteiger partial charge in [-0.15, -0.1) is 0 Å². The van der Waals surface area contributed by atoms with Gasteiger partial charge in [0, 0.05) is 30.1 Å². The molecule has 88 valence electrons. The number of rotatable bonds is 3. The topological polar surface area (TPSA) is 69.0 Å². The van der Waals surface area contributed by atoms with E-state index in [9.17, 15) is 4.79 Å². The van der Waals surface area contributed by atoms with E-state index in [0.29, 0.717) is 5.82 Å². The highest BCUT2D eigenvalue weighted by Gasteiger charge is 2.09. The molecule has 17 heavy (non-hydrogen) atoms. The summed E-state index contributed by atoms with van der Waals surface area (Å²) in [7, 11) is 3.49. The van der Waals surface area contributed by atoms with E-state index in [4.69, 9.17) is 5.26 Å². The molecule has 1 amide bonds. The zero-order valence-electron chi connectivity index (χ0n) is 9.44. The van der Waals surface area contributed by atoms with Crippen LogP contribution in [-0.4, -0.2) is 29.9 Å². The summed E-state index contributed by atoms with van der Waals surface area (Å²) in [5.74, 6) is -0.0368. The standard InChI is InChI=1S/C11H11IN4O/c1-16(2)7-8(5-13)11(17)15-10-4-3-9(12)6-14-10/h3-4,6-7H,1-2H3,(H,14,15,17). The fraction of sp³-hybridized carbons (Fsp3) is 0.182. The molecule has 5 nitrogen and oxygen atoms in total. The van der Waals surface area contributed by atoms with E-state index in [0.717, 1.165) is 3.57 Å². The highest BCUT2D eigenvalue weighted by molar-refractivity contribution is 14.1. The normalized spacial score (nSPS) is 10.6. The summed E-state index contributed by atoms with van der Waals surface area (Å²) in [6, 6.07) is 5.35. The van der Waals surface area contributed by atoms with Crippen molar-refractivity contribution < 1.29 is 4.79 Å². The predicted octanol–water partition coefficient (Wildman–Crippen LogP) is 1.59. The van der Waals surface area contributed by atoms with Gasteiger partial charge < -0.3 is 10.2 Å². The number of carbonyl (C=O) groups excluding carboxylic acids is 1. The molecule has 0 aliphatic carbocycles. The number of amides is 1. The molecule has 0 radical (unpaired) electrons. The van der Waals surface area contributed by atoms with Crippen LogP contribution in [0, 0.1) is 14.9 Å². The van der Waals surface area contributed by atoms with E-state index >= 15 is 0 Å². The van der Waals surface area contributed by atoms with E-state index in [-0.39, 0.29) is 5.57 Å². The van der Waals surface area contributed by atoms with E-state index in [1.807, 2.05) is 12.1 Å². The van der Waals surface area contributed by atoms with Crippen LogP contribution < -0.4 is 5.32 Å². The van der Waals surface area contributed by atoms with Crippen LogP contribution in [0.25, 0.3) is 0 Å². The lowest BCUT2D eigenvalue weighted by Crippen LogP contribution is -2.16. The Labute approximate surface area is 113 Å². The van der Waals surface area contributed by atoms with Gasteiger partial charge in [0.2, 0.25) is 0 Å². The van der Waals surface area contributed by atoms with Gasteiger partial charge in [-0.25, -0.2) is 4.98 Å². The van der Waals surface area contributed by atoms with Gasteiger partial charge in [0.15, 0.2) is 0 Å². The van der Waals surface area contributed by atoms with E-state index in [2.05, 4.69) is 32.9 Å². The van der Waals surface area contributed by atoms with Crippen molar-refractivity contribution in [3.05, 3.63) is 33.7 Å². The lowest BCUT2D eigenvalue weighted by molar-refractivity contribution is -0.112. The highest BCUT2D eigenvalue weighted by atomic mass is 127. The summed E-state index contributed by atoms with van der Waals surface area (Å²) >= 11 is 2.12. The molecule has 0 fully saturated rings. The molecule has 0 aliphatic heterocycles. The van der Waals surface area contributed by atoms with Gasteiger partial charge >= 0.3 is 0 Å². The molecule has 1 aromatic rings. The van der Waals surface area contributed by atoms with Gasteiger partial charge in [-0.1, -0.05) is 0 Å². The minimum Gasteiger partial charge on any atom is -0.382 e. The molecular weight excluding hydrogens is 331 g/mol. The average Bonchev–Trinajstić information content (AvgIpc) is 2.28. The third-order valence-electron chi connectivity index (χ3n) is 1.72. The molecule has 0 aliphatic rings. The summed E-state index contributed by atoms with van der Waals surface area (Å²) in [5.41, 5.74) is 0.0374. The molecule has 0 saturated carbocycles. The van der Waals surface area contributed by atoms with Crippen molar-refractivity contribution in [3.63, 3.8) is 0 Å². The van der Waals surface area contributed by atoms with Crippen LogP contribution in [-0.2, 0) is 4.79 Å². The number of carbonyl (C=O) groups is 1. The summed E-state index contributed by atoms with van der Waals surface area (Å²) in [4.78, 5) is 17.4. The Hall–Kier alpha value is -1.62. The molecule has 0 atom stereocenters. The molecule has 0 saturated heterocycles. The number of hydrogen-bond donors (Lipinski definition) is 1. The molecule has 1 rings (SSSR count). The van der Waals surface area contributed by atoms with Gasteiger partial charge in [0.25, 0.3) is 5.91 Å². The highest BCUT2D eigenvalue weighted by Crippen LogP contribution is 2.08. The molecule has 0 unspecified atom stereocenters. The Kier molecular flexibility index (Phi) is 4.90. The maximum atomic E-state index is 11.7. The first kappa shape index (κ1) is 13.4. The fourth-order valence-electron chi connectivity index (χ4n) is 1.03. The van der Waals surface area contributed by atoms with Gasteiger partial charge in [0.1, 0.15) is 17.5 Å². The molecule has 0 spiro atoms. The van der Waals surface area contributed by atoms with Crippen LogP contribution in [0.2, 0.25) is 0 Å². The van der Waals surface area contributed by atoms with E-state index in [1.54, 1.807) is 31.3 Å². The monoisotopic (exact) mass is 342 g/mol. The molecular formula is C11H11IN4O. The molecule has 1 aromatic heterocycles. The summed E-state index contributed by atoms with van der Waals surface area (Å²) in [6.07, 6.45) is 3.10. The SMILES string of the molecule is CN(C)C=C(C#N)C(=O)Nc1ccc(I)cn1. The Morgan fingerprint density at radius 3 is 2.76 bits per heavy atom. The first-order valence-electron chi connectivity index (χ1n) is 4.74. The summed E-state index contributed by atoms with van der Waals surface area (Å²) < 4.78 is 0.977. The number of halogens is 1. The number of nitrogens with zero attached hydrogens (tertiary/aromatic N) is 3. The predicted molar refractivity (Wildman–Crippen MR) is 73.0 cm³/mol. The number of nitrogens with one attached hydrogen (secondary N) is 1. The molecule has 0 aromatic carbocycles. The van der Waals surface area contributed by atoms with Crippen molar-refractivity contribution in [1.82, 2.24) is 9.88 Å². The minimum atomic E-state index is -0.463. The third kappa shape index (κ3) is 4.40. The van der Waals surface area contributed by atoms with Gasteiger partial charge in [0.05, 0.1) is 0 Å². The lowest BCUT2D eigenvalue weighted by atomic mass is 10.3. The van der Waals surface area contributed by atoms with Crippen molar-refractivity contribution in [2.75, 3.05) is 19.4 Å². The molecule has 1 N–H and O–H groups in total. The van der Waals surface area contributed by atoms with Gasteiger partial charge in [-0.05, 0) is 34.7 Å². The zero-order chi connectivity index (χ0) is 12.8. The Morgan fingerprint density at radius 2 is 2.29 bits per heavy atom.